The Morgan fingerprint density at radius 1 is 1.31 bits per heavy atom. The summed E-state index contributed by atoms with van der Waals surface area (Å²) in [5.74, 6) is -0.610. The van der Waals surface area contributed by atoms with Gasteiger partial charge in [0.1, 0.15) is 5.52 Å². The zero-order valence-electron chi connectivity index (χ0n) is 13.9. The Hall–Kier alpha value is -2.86. The molecule has 1 saturated heterocycles. The van der Waals surface area contributed by atoms with Gasteiger partial charge in [-0.2, -0.15) is 0 Å². The van der Waals surface area contributed by atoms with Crippen molar-refractivity contribution in [2.45, 2.75) is 6.42 Å². The number of carbonyl (C=O) groups excluding carboxylic acids is 2. The number of methoxy groups -OCH3 is 1. The van der Waals surface area contributed by atoms with E-state index in [0.717, 1.165) is 5.52 Å². The predicted octanol–water partition coefficient (Wildman–Crippen LogP) is 3.67. The highest BCUT2D eigenvalue weighted by molar-refractivity contribution is 6.34. The number of oxazole rings is 1. The quantitative estimate of drug-likeness (QED) is 0.658. The number of hydrogen-bond acceptors (Lipinski definition) is 5. The molecular formula is C19H15ClN2O4. The summed E-state index contributed by atoms with van der Waals surface area (Å²) in [7, 11) is 1.32. The smallest absolute Gasteiger partial charge is 0.311 e. The van der Waals surface area contributed by atoms with Crippen LogP contribution < -0.4 is 4.90 Å². The normalized spacial score (nSPS) is 17.1. The number of carbonyl (C=O) groups is 2. The Kier molecular flexibility index (Phi) is 4.12. The Labute approximate surface area is 154 Å². The van der Waals surface area contributed by atoms with Gasteiger partial charge in [0.2, 0.25) is 11.8 Å². The Morgan fingerprint density at radius 3 is 2.88 bits per heavy atom. The second kappa shape index (κ2) is 6.46. The van der Waals surface area contributed by atoms with E-state index in [-0.39, 0.29) is 18.9 Å². The maximum absolute atomic E-state index is 12.4. The summed E-state index contributed by atoms with van der Waals surface area (Å²) in [6.07, 6.45) is 0.107. The van der Waals surface area contributed by atoms with Crippen LogP contribution in [0.15, 0.2) is 46.9 Å². The zero-order valence-corrected chi connectivity index (χ0v) is 14.7. The number of aromatic nitrogens is 1. The number of nitrogens with zero attached hydrogens (tertiary/aromatic N) is 2. The molecule has 26 heavy (non-hydrogen) atoms. The average Bonchev–Trinajstić information content (AvgIpc) is 3.25. The molecule has 7 heteroatoms. The van der Waals surface area contributed by atoms with E-state index in [1.54, 1.807) is 18.2 Å². The summed E-state index contributed by atoms with van der Waals surface area (Å²) < 4.78 is 10.5. The fourth-order valence-corrected chi connectivity index (χ4v) is 3.33. The van der Waals surface area contributed by atoms with Gasteiger partial charge >= 0.3 is 5.97 Å². The van der Waals surface area contributed by atoms with Gasteiger partial charge in [-0.3, -0.25) is 9.59 Å². The van der Waals surface area contributed by atoms with Crippen LogP contribution in [-0.4, -0.2) is 30.5 Å². The van der Waals surface area contributed by atoms with Crippen LogP contribution in [0.5, 0.6) is 0 Å². The monoisotopic (exact) mass is 370 g/mol. The van der Waals surface area contributed by atoms with E-state index >= 15 is 0 Å². The van der Waals surface area contributed by atoms with Crippen molar-refractivity contribution in [2.75, 3.05) is 18.6 Å². The number of benzene rings is 2. The summed E-state index contributed by atoms with van der Waals surface area (Å²) in [5, 5.41) is 0.420. The van der Waals surface area contributed by atoms with Crippen LogP contribution in [0, 0.1) is 5.92 Å². The summed E-state index contributed by atoms with van der Waals surface area (Å²) in [5.41, 5.74) is 2.67. The van der Waals surface area contributed by atoms with Gasteiger partial charge in [0.25, 0.3) is 0 Å². The van der Waals surface area contributed by atoms with Crippen LogP contribution in [0.3, 0.4) is 0 Å². The topological polar surface area (TPSA) is 72.6 Å². The molecule has 0 aliphatic carbocycles. The number of halogens is 1. The van der Waals surface area contributed by atoms with Gasteiger partial charge in [-0.15, -0.1) is 0 Å². The van der Waals surface area contributed by atoms with E-state index in [2.05, 4.69) is 4.98 Å². The van der Waals surface area contributed by atoms with Gasteiger partial charge in [0.05, 0.1) is 23.7 Å². The number of hydrogen-bond donors (Lipinski definition) is 0. The van der Waals surface area contributed by atoms with E-state index in [1.807, 2.05) is 24.3 Å². The highest BCUT2D eigenvalue weighted by Gasteiger charge is 2.36. The molecule has 6 nitrogen and oxygen atoms in total. The molecule has 0 bridgehead atoms. The Morgan fingerprint density at radius 2 is 2.12 bits per heavy atom. The van der Waals surface area contributed by atoms with Crippen LogP contribution in [0.4, 0.5) is 5.69 Å². The second-order valence-electron chi connectivity index (χ2n) is 6.08. The van der Waals surface area contributed by atoms with Gasteiger partial charge in [-0.25, -0.2) is 4.98 Å². The number of anilines is 1. The summed E-state index contributed by atoms with van der Waals surface area (Å²) >= 11 is 6.31. The molecule has 0 spiro atoms. The summed E-state index contributed by atoms with van der Waals surface area (Å²) in [6, 6.07) is 12.7. The maximum Gasteiger partial charge on any atom is 0.311 e. The molecule has 0 saturated carbocycles. The summed E-state index contributed by atoms with van der Waals surface area (Å²) in [4.78, 5) is 30.1. The van der Waals surface area contributed by atoms with Crippen molar-refractivity contribution in [3.8, 4) is 11.5 Å². The molecule has 1 amide bonds. The molecule has 2 heterocycles. The minimum Gasteiger partial charge on any atom is -0.469 e. The van der Waals surface area contributed by atoms with Crippen molar-refractivity contribution >= 4 is 40.3 Å². The van der Waals surface area contributed by atoms with Crippen LogP contribution in [0.1, 0.15) is 6.42 Å². The highest BCUT2D eigenvalue weighted by atomic mass is 35.5. The molecule has 1 aliphatic rings. The minimum absolute atomic E-state index is 0.107. The molecule has 1 fully saturated rings. The Bertz CT molecular complexity index is 981. The highest BCUT2D eigenvalue weighted by Crippen LogP contribution is 2.35. The maximum atomic E-state index is 12.4. The first kappa shape index (κ1) is 16.6. The van der Waals surface area contributed by atoms with Gasteiger partial charge in [-0.05, 0) is 30.3 Å². The second-order valence-corrected chi connectivity index (χ2v) is 6.49. The van der Waals surface area contributed by atoms with Crippen molar-refractivity contribution in [3.05, 3.63) is 47.5 Å². The third-order valence-corrected chi connectivity index (χ3v) is 4.76. The molecule has 132 valence electrons. The minimum atomic E-state index is -0.489. The van der Waals surface area contributed by atoms with Crippen molar-refractivity contribution in [1.82, 2.24) is 4.98 Å². The van der Waals surface area contributed by atoms with Gasteiger partial charge < -0.3 is 14.1 Å². The number of rotatable bonds is 3. The molecule has 0 radical (unpaired) electrons. The molecule has 1 aromatic heterocycles. The molecule has 1 aliphatic heterocycles. The lowest BCUT2D eigenvalue weighted by Gasteiger charge is -2.18. The van der Waals surface area contributed by atoms with E-state index in [0.29, 0.717) is 27.7 Å². The number of ether oxygens (including phenoxy) is 1. The van der Waals surface area contributed by atoms with Crippen molar-refractivity contribution in [2.24, 2.45) is 5.92 Å². The van der Waals surface area contributed by atoms with Crippen LogP contribution in [0.2, 0.25) is 5.02 Å². The zero-order chi connectivity index (χ0) is 18.3. The molecular weight excluding hydrogens is 356 g/mol. The van der Waals surface area contributed by atoms with E-state index in [9.17, 15) is 9.59 Å². The lowest BCUT2D eigenvalue weighted by molar-refractivity contribution is -0.145. The van der Waals surface area contributed by atoms with Gasteiger partial charge in [0, 0.05) is 18.5 Å². The predicted molar refractivity (Wildman–Crippen MR) is 96.9 cm³/mol. The lowest BCUT2D eigenvalue weighted by atomic mass is 10.1. The van der Waals surface area contributed by atoms with Crippen LogP contribution in [0.25, 0.3) is 22.6 Å². The fourth-order valence-electron chi connectivity index (χ4n) is 3.11. The molecule has 0 N–H and O–H groups in total. The molecule has 1 atom stereocenters. The third-order valence-electron chi connectivity index (χ3n) is 4.44. The molecule has 3 aromatic rings. The van der Waals surface area contributed by atoms with E-state index in [4.69, 9.17) is 20.8 Å². The first-order chi connectivity index (χ1) is 12.6. The molecule has 4 rings (SSSR count). The largest absolute Gasteiger partial charge is 0.469 e. The van der Waals surface area contributed by atoms with Crippen molar-refractivity contribution < 1.29 is 18.7 Å². The summed E-state index contributed by atoms with van der Waals surface area (Å²) in [6.45, 7) is 0.238. The average molecular weight is 371 g/mol. The van der Waals surface area contributed by atoms with Crippen molar-refractivity contribution in [1.29, 1.82) is 0 Å². The SMILES string of the molecule is COC(=O)[C@H]1CC(=O)N(c2cc(-c3nc4ccccc4o3)ccc2Cl)C1. The molecule has 2 aromatic carbocycles. The lowest BCUT2D eigenvalue weighted by Crippen LogP contribution is -2.26. The first-order valence-corrected chi connectivity index (χ1v) is 8.48. The number of esters is 1. The number of para-hydroxylation sites is 2. The van der Waals surface area contributed by atoms with Gasteiger partial charge in [-0.1, -0.05) is 23.7 Å². The fraction of sp³-hybridized carbons (Fsp3) is 0.211. The van der Waals surface area contributed by atoms with Crippen LogP contribution >= 0.6 is 11.6 Å². The number of amides is 1. The van der Waals surface area contributed by atoms with Crippen molar-refractivity contribution in [3.63, 3.8) is 0 Å². The number of fused-ring (bicyclic) bond motifs is 1. The third kappa shape index (κ3) is 2.82. The van der Waals surface area contributed by atoms with Gasteiger partial charge in [0.15, 0.2) is 5.58 Å². The van der Waals surface area contributed by atoms with E-state index < -0.39 is 11.9 Å². The standard InChI is InChI=1S/C19H15ClN2O4/c1-25-19(24)12-9-17(23)22(10-12)15-8-11(6-7-13(15)20)18-21-14-4-2-3-5-16(14)26-18/h2-8,12H,9-10H2,1H3/t12-/m0/s1. The first-order valence-electron chi connectivity index (χ1n) is 8.10. The molecule has 0 unspecified atom stereocenters. The Balaban J connectivity index is 1.70. The van der Waals surface area contributed by atoms with Crippen LogP contribution in [-0.2, 0) is 14.3 Å². The van der Waals surface area contributed by atoms with E-state index in [1.165, 1.54) is 12.0 Å².